The number of aromatic nitrogens is 1. The maximum Gasteiger partial charge on any atom is 0.251 e. The number of amides is 1. The van der Waals surface area contributed by atoms with Gasteiger partial charge in [0, 0.05) is 12.1 Å². The predicted molar refractivity (Wildman–Crippen MR) is 52.5 cm³/mol. The van der Waals surface area contributed by atoms with Gasteiger partial charge < -0.3 is 4.52 Å². The van der Waals surface area contributed by atoms with Crippen molar-refractivity contribution >= 4 is 23.6 Å². The van der Waals surface area contributed by atoms with Crippen LogP contribution < -0.4 is 5.32 Å². The minimum Gasteiger partial charge on any atom is -0.338 e. The van der Waals surface area contributed by atoms with Crippen LogP contribution >= 0.6 is 11.8 Å². The molecular weight excluding hydrogens is 188 g/mol. The standard InChI is InChI=1S/C8H10N2O2S/c1-6-5-8(12-10-6)9-7(11)3-4-13-2/h3-5H,1-2H3,(H,9,11)/b4-3+. The molecule has 0 atom stereocenters. The quantitative estimate of drug-likeness (QED) is 0.752. The van der Waals surface area contributed by atoms with Crippen molar-refractivity contribution in [3.05, 3.63) is 23.2 Å². The van der Waals surface area contributed by atoms with E-state index in [9.17, 15) is 4.79 Å². The Balaban J connectivity index is 2.50. The number of hydrogen-bond acceptors (Lipinski definition) is 4. The van der Waals surface area contributed by atoms with E-state index >= 15 is 0 Å². The van der Waals surface area contributed by atoms with E-state index in [2.05, 4.69) is 10.5 Å². The average molecular weight is 198 g/mol. The lowest BCUT2D eigenvalue weighted by molar-refractivity contribution is -0.112. The molecular formula is C8H10N2O2S. The minimum absolute atomic E-state index is 0.217. The second-order valence-electron chi connectivity index (χ2n) is 2.36. The van der Waals surface area contributed by atoms with Gasteiger partial charge in [-0.3, -0.25) is 10.1 Å². The van der Waals surface area contributed by atoms with E-state index in [0.29, 0.717) is 5.88 Å². The molecule has 1 N–H and O–H groups in total. The first-order chi connectivity index (χ1) is 6.22. The van der Waals surface area contributed by atoms with Gasteiger partial charge in [-0.25, -0.2) is 0 Å². The van der Waals surface area contributed by atoms with E-state index in [4.69, 9.17) is 4.52 Å². The number of aryl methyl sites for hydroxylation is 1. The van der Waals surface area contributed by atoms with E-state index in [1.54, 1.807) is 18.4 Å². The monoisotopic (exact) mass is 198 g/mol. The van der Waals surface area contributed by atoms with Crippen molar-refractivity contribution in [2.45, 2.75) is 6.92 Å². The van der Waals surface area contributed by atoms with Crippen molar-refractivity contribution in [2.24, 2.45) is 0 Å². The third-order valence-corrected chi connectivity index (χ3v) is 1.64. The van der Waals surface area contributed by atoms with Crippen molar-refractivity contribution in [2.75, 3.05) is 11.6 Å². The number of carbonyl (C=O) groups excluding carboxylic acids is 1. The fraction of sp³-hybridized carbons (Fsp3) is 0.250. The van der Waals surface area contributed by atoms with Crippen LogP contribution in [0, 0.1) is 6.92 Å². The molecule has 1 amide bonds. The van der Waals surface area contributed by atoms with Gasteiger partial charge in [0.2, 0.25) is 5.88 Å². The molecule has 13 heavy (non-hydrogen) atoms. The van der Waals surface area contributed by atoms with Crippen LogP contribution in [-0.4, -0.2) is 17.3 Å². The SMILES string of the molecule is CS/C=C/C(=O)Nc1cc(C)no1. The van der Waals surface area contributed by atoms with E-state index in [-0.39, 0.29) is 5.91 Å². The smallest absolute Gasteiger partial charge is 0.251 e. The van der Waals surface area contributed by atoms with Crippen LogP contribution in [0.2, 0.25) is 0 Å². The molecule has 4 nitrogen and oxygen atoms in total. The van der Waals surface area contributed by atoms with E-state index in [1.165, 1.54) is 17.8 Å². The van der Waals surface area contributed by atoms with Gasteiger partial charge in [0.1, 0.15) is 0 Å². The summed E-state index contributed by atoms with van der Waals surface area (Å²) in [5, 5.41) is 7.85. The second kappa shape index (κ2) is 4.71. The molecule has 1 aromatic heterocycles. The van der Waals surface area contributed by atoms with E-state index in [0.717, 1.165) is 5.69 Å². The Bertz CT molecular complexity index is 320. The largest absolute Gasteiger partial charge is 0.338 e. The average Bonchev–Trinajstić information content (AvgIpc) is 2.48. The van der Waals surface area contributed by atoms with E-state index in [1.807, 2.05) is 6.26 Å². The third kappa shape index (κ3) is 3.33. The summed E-state index contributed by atoms with van der Waals surface area (Å²) in [6.07, 6.45) is 3.31. The van der Waals surface area contributed by atoms with Crippen LogP contribution in [-0.2, 0) is 4.79 Å². The van der Waals surface area contributed by atoms with Gasteiger partial charge in [-0.05, 0) is 18.6 Å². The molecule has 1 aromatic rings. The molecule has 0 bridgehead atoms. The highest BCUT2D eigenvalue weighted by molar-refractivity contribution is 8.01. The summed E-state index contributed by atoms with van der Waals surface area (Å²) in [4.78, 5) is 11.1. The fourth-order valence-corrected chi connectivity index (χ4v) is 0.975. The maximum atomic E-state index is 11.1. The molecule has 1 rings (SSSR count). The van der Waals surface area contributed by atoms with Gasteiger partial charge in [-0.2, -0.15) is 0 Å². The molecule has 0 aliphatic carbocycles. The Morgan fingerprint density at radius 2 is 2.54 bits per heavy atom. The first kappa shape index (κ1) is 9.85. The Morgan fingerprint density at radius 1 is 1.77 bits per heavy atom. The van der Waals surface area contributed by atoms with Gasteiger partial charge >= 0.3 is 0 Å². The van der Waals surface area contributed by atoms with Crippen LogP contribution in [0.5, 0.6) is 0 Å². The predicted octanol–water partition coefficient (Wildman–Crippen LogP) is 1.80. The van der Waals surface area contributed by atoms with Crippen LogP contribution in [0.1, 0.15) is 5.69 Å². The van der Waals surface area contributed by atoms with Crippen molar-refractivity contribution in [3.63, 3.8) is 0 Å². The van der Waals surface area contributed by atoms with Gasteiger partial charge in [0.25, 0.3) is 5.91 Å². The zero-order valence-corrected chi connectivity index (χ0v) is 8.22. The highest BCUT2D eigenvalue weighted by Crippen LogP contribution is 2.08. The van der Waals surface area contributed by atoms with Crippen LogP contribution in [0.3, 0.4) is 0 Å². The Kier molecular flexibility index (Phi) is 3.57. The highest BCUT2D eigenvalue weighted by atomic mass is 32.2. The Morgan fingerprint density at radius 3 is 3.08 bits per heavy atom. The molecule has 0 fully saturated rings. The van der Waals surface area contributed by atoms with Crippen molar-refractivity contribution in [1.29, 1.82) is 0 Å². The molecule has 0 unspecified atom stereocenters. The molecule has 1 heterocycles. The third-order valence-electron chi connectivity index (χ3n) is 1.23. The van der Waals surface area contributed by atoms with Gasteiger partial charge in [0.05, 0.1) is 5.69 Å². The first-order valence-corrected chi connectivity index (χ1v) is 4.95. The normalized spacial score (nSPS) is 10.6. The Hall–Kier alpha value is -1.23. The zero-order chi connectivity index (χ0) is 9.68. The number of thioether (sulfide) groups is 1. The maximum absolute atomic E-state index is 11.1. The summed E-state index contributed by atoms with van der Waals surface area (Å²) >= 11 is 1.46. The molecule has 0 saturated carbocycles. The molecule has 0 saturated heterocycles. The summed E-state index contributed by atoms with van der Waals surface area (Å²) in [6.45, 7) is 1.79. The number of hydrogen-bond donors (Lipinski definition) is 1. The number of carbonyl (C=O) groups is 1. The molecule has 0 aliphatic heterocycles. The number of rotatable bonds is 3. The Labute approximate surface area is 80.4 Å². The van der Waals surface area contributed by atoms with Gasteiger partial charge in [0.15, 0.2) is 0 Å². The molecule has 0 aromatic carbocycles. The lowest BCUT2D eigenvalue weighted by Gasteiger charge is -1.92. The number of nitrogens with zero attached hydrogens (tertiary/aromatic N) is 1. The lowest BCUT2D eigenvalue weighted by Crippen LogP contribution is -2.06. The van der Waals surface area contributed by atoms with Crippen molar-refractivity contribution in [3.8, 4) is 0 Å². The molecule has 70 valence electrons. The summed E-state index contributed by atoms with van der Waals surface area (Å²) in [5.41, 5.74) is 0.740. The molecule has 0 spiro atoms. The molecule has 5 heteroatoms. The van der Waals surface area contributed by atoms with E-state index < -0.39 is 0 Å². The summed E-state index contributed by atoms with van der Waals surface area (Å²) in [5.74, 6) is 0.152. The topological polar surface area (TPSA) is 55.1 Å². The van der Waals surface area contributed by atoms with Gasteiger partial charge in [-0.15, -0.1) is 11.8 Å². The number of anilines is 1. The second-order valence-corrected chi connectivity index (χ2v) is 3.10. The van der Waals surface area contributed by atoms with Gasteiger partial charge in [-0.1, -0.05) is 5.16 Å². The minimum atomic E-state index is -0.217. The zero-order valence-electron chi connectivity index (χ0n) is 7.40. The molecule has 0 aliphatic rings. The van der Waals surface area contributed by atoms with Crippen LogP contribution in [0.25, 0.3) is 0 Å². The van der Waals surface area contributed by atoms with Crippen LogP contribution in [0.4, 0.5) is 5.88 Å². The summed E-state index contributed by atoms with van der Waals surface area (Å²) < 4.78 is 4.79. The highest BCUT2D eigenvalue weighted by Gasteiger charge is 2.02. The molecule has 0 radical (unpaired) electrons. The fourth-order valence-electron chi connectivity index (χ4n) is 0.715. The van der Waals surface area contributed by atoms with Crippen molar-refractivity contribution < 1.29 is 9.32 Å². The summed E-state index contributed by atoms with van der Waals surface area (Å²) in [6, 6.07) is 1.66. The first-order valence-electron chi connectivity index (χ1n) is 3.66. The summed E-state index contributed by atoms with van der Waals surface area (Å²) in [7, 11) is 0. The van der Waals surface area contributed by atoms with Crippen molar-refractivity contribution in [1.82, 2.24) is 5.16 Å². The number of nitrogens with one attached hydrogen (secondary N) is 1. The lowest BCUT2D eigenvalue weighted by atomic mass is 10.4. The van der Waals surface area contributed by atoms with Crippen LogP contribution in [0.15, 0.2) is 22.1 Å².